The highest BCUT2D eigenvalue weighted by atomic mass is 16.6. The van der Waals surface area contributed by atoms with Crippen molar-refractivity contribution in [2.75, 3.05) is 6.54 Å². The SMILES string of the molecule is CC(NCC(N)=O)c1cccc([N+](=O)[O-])c1. The second-order valence-corrected chi connectivity index (χ2v) is 3.42. The number of carbonyl (C=O) groups is 1. The van der Waals surface area contributed by atoms with Gasteiger partial charge in [0.15, 0.2) is 0 Å². The number of hydrogen-bond acceptors (Lipinski definition) is 4. The van der Waals surface area contributed by atoms with Gasteiger partial charge in [0, 0.05) is 18.2 Å². The number of primary amides is 1. The number of nitrogens with zero attached hydrogens (tertiary/aromatic N) is 1. The molecule has 1 amide bonds. The number of amides is 1. The molecule has 6 heteroatoms. The van der Waals surface area contributed by atoms with Crippen molar-refractivity contribution in [3.8, 4) is 0 Å². The molecule has 0 saturated heterocycles. The lowest BCUT2D eigenvalue weighted by molar-refractivity contribution is -0.384. The minimum Gasteiger partial charge on any atom is -0.369 e. The first-order valence-corrected chi connectivity index (χ1v) is 4.76. The molecule has 0 spiro atoms. The van der Waals surface area contributed by atoms with Gasteiger partial charge in [0.2, 0.25) is 5.91 Å². The molecule has 0 aliphatic carbocycles. The number of non-ortho nitro benzene ring substituents is 1. The summed E-state index contributed by atoms with van der Waals surface area (Å²) in [5.41, 5.74) is 5.77. The van der Waals surface area contributed by atoms with Crippen LogP contribution in [0.2, 0.25) is 0 Å². The van der Waals surface area contributed by atoms with E-state index in [1.54, 1.807) is 12.1 Å². The first kappa shape index (κ1) is 12.1. The quantitative estimate of drug-likeness (QED) is 0.567. The Morgan fingerprint density at radius 1 is 1.62 bits per heavy atom. The standard InChI is InChI=1S/C10H13N3O3/c1-7(12-6-10(11)14)8-3-2-4-9(5-8)13(15)16/h2-5,7,12H,6H2,1H3,(H2,11,14). The topological polar surface area (TPSA) is 98.3 Å². The van der Waals surface area contributed by atoms with Crippen LogP contribution in [0.5, 0.6) is 0 Å². The van der Waals surface area contributed by atoms with Gasteiger partial charge in [0.1, 0.15) is 0 Å². The van der Waals surface area contributed by atoms with Crippen molar-refractivity contribution >= 4 is 11.6 Å². The Balaban J connectivity index is 2.75. The van der Waals surface area contributed by atoms with E-state index in [1.807, 2.05) is 6.92 Å². The van der Waals surface area contributed by atoms with Gasteiger partial charge in [-0.1, -0.05) is 12.1 Å². The van der Waals surface area contributed by atoms with E-state index in [0.29, 0.717) is 0 Å². The Labute approximate surface area is 92.6 Å². The van der Waals surface area contributed by atoms with Crippen molar-refractivity contribution in [2.45, 2.75) is 13.0 Å². The Morgan fingerprint density at radius 2 is 2.31 bits per heavy atom. The first-order chi connectivity index (χ1) is 7.50. The van der Waals surface area contributed by atoms with Gasteiger partial charge in [-0.05, 0) is 12.5 Å². The average Bonchev–Trinajstić information content (AvgIpc) is 2.26. The molecule has 1 aromatic carbocycles. The highest BCUT2D eigenvalue weighted by molar-refractivity contribution is 5.75. The molecule has 86 valence electrons. The van der Waals surface area contributed by atoms with E-state index < -0.39 is 10.8 Å². The fourth-order valence-corrected chi connectivity index (χ4v) is 1.28. The number of carbonyl (C=O) groups excluding carboxylic acids is 1. The van der Waals surface area contributed by atoms with E-state index in [9.17, 15) is 14.9 Å². The summed E-state index contributed by atoms with van der Waals surface area (Å²) < 4.78 is 0. The Hall–Kier alpha value is -1.95. The van der Waals surface area contributed by atoms with E-state index in [4.69, 9.17) is 5.73 Å². The highest BCUT2D eigenvalue weighted by Crippen LogP contribution is 2.18. The first-order valence-electron chi connectivity index (χ1n) is 4.76. The van der Waals surface area contributed by atoms with E-state index >= 15 is 0 Å². The third-order valence-corrected chi connectivity index (χ3v) is 2.16. The Bertz CT molecular complexity index is 406. The average molecular weight is 223 g/mol. The number of nitrogens with two attached hydrogens (primary N) is 1. The van der Waals surface area contributed by atoms with Crippen molar-refractivity contribution in [1.29, 1.82) is 0 Å². The third kappa shape index (κ3) is 3.32. The van der Waals surface area contributed by atoms with Crippen LogP contribution < -0.4 is 11.1 Å². The van der Waals surface area contributed by atoms with Gasteiger partial charge < -0.3 is 11.1 Å². The molecule has 1 atom stereocenters. The molecule has 0 aliphatic rings. The molecule has 0 bridgehead atoms. The monoisotopic (exact) mass is 223 g/mol. The second-order valence-electron chi connectivity index (χ2n) is 3.42. The Morgan fingerprint density at radius 3 is 2.88 bits per heavy atom. The molecule has 1 unspecified atom stereocenters. The van der Waals surface area contributed by atoms with Crippen LogP contribution in [0.25, 0.3) is 0 Å². The maximum Gasteiger partial charge on any atom is 0.269 e. The van der Waals surface area contributed by atoms with Crippen molar-refractivity contribution in [1.82, 2.24) is 5.32 Å². The second kappa shape index (κ2) is 5.22. The number of hydrogen-bond donors (Lipinski definition) is 2. The summed E-state index contributed by atoms with van der Waals surface area (Å²) in [7, 11) is 0. The summed E-state index contributed by atoms with van der Waals surface area (Å²) in [5.74, 6) is -0.461. The minimum atomic E-state index is -0.461. The van der Waals surface area contributed by atoms with Crippen molar-refractivity contribution in [2.24, 2.45) is 5.73 Å². The maximum atomic E-state index is 10.6. The number of rotatable bonds is 5. The molecule has 6 nitrogen and oxygen atoms in total. The molecule has 0 saturated carbocycles. The van der Waals surface area contributed by atoms with Crippen LogP contribution >= 0.6 is 0 Å². The maximum absolute atomic E-state index is 10.6. The van der Waals surface area contributed by atoms with E-state index in [-0.39, 0.29) is 18.3 Å². The molecule has 0 heterocycles. The molecule has 1 rings (SSSR count). The zero-order valence-electron chi connectivity index (χ0n) is 8.84. The predicted molar refractivity (Wildman–Crippen MR) is 58.7 cm³/mol. The number of benzene rings is 1. The summed E-state index contributed by atoms with van der Waals surface area (Å²) in [6.45, 7) is 1.85. The van der Waals surface area contributed by atoms with Gasteiger partial charge in [-0.2, -0.15) is 0 Å². The van der Waals surface area contributed by atoms with Crippen LogP contribution in [-0.4, -0.2) is 17.4 Å². The molecule has 1 aromatic rings. The highest BCUT2D eigenvalue weighted by Gasteiger charge is 2.10. The summed E-state index contributed by atoms with van der Waals surface area (Å²) in [6, 6.07) is 6.09. The van der Waals surface area contributed by atoms with Crippen molar-refractivity contribution in [3.05, 3.63) is 39.9 Å². The van der Waals surface area contributed by atoms with Gasteiger partial charge in [-0.25, -0.2) is 0 Å². The number of nitrogens with one attached hydrogen (secondary N) is 1. The molecule has 16 heavy (non-hydrogen) atoms. The van der Waals surface area contributed by atoms with Crippen LogP contribution in [0.3, 0.4) is 0 Å². The van der Waals surface area contributed by atoms with Gasteiger partial charge >= 0.3 is 0 Å². The summed E-state index contributed by atoms with van der Waals surface area (Å²) in [4.78, 5) is 20.7. The molecule has 0 fully saturated rings. The molecule has 3 N–H and O–H groups in total. The predicted octanol–water partition coefficient (Wildman–Crippen LogP) is 0.731. The lowest BCUT2D eigenvalue weighted by Gasteiger charge is -2.12. The number of nitro groups is 1. The fourth-order valence-electron chi connectivity index (χ4n) is 1.28. The van der Waals surface area contributed by atoms with Crippen molar-refractivity contribution in [3.63, 3.8) is 0 Å². The van der Waals surface area contributed by atoms with Gasteiger partial charge in [0.25, 0.3) is 5.69 Å². The van der Waals surface area contributed by atoms with E-state index in [1.165, 1.54) is 12.1 Å². The van der Waals surface area contributed by atoms with Crippen molar-refractivity contribution < 1.29 is 9.72 Å². The summed E-state index contributed by atoms with van der Waals surface area (Å²) >= 11 is 0. The summed E-state index contributed by atoms with van der Waals surface area (Å²) in [5, 5.41) is 13.4. The molecule has 0 aromatic heterocycles. The molecule has 0 aliphatic heterocycles. The zero-order chi connectivity index (χ0) is 12.1. The largest absolute Gasteiger partial charge is 0.369 e. The minimum absolute atomic E-state index is 0.0326. The Kier molecular flexibility index (Phi) is 3.96. The van der Waals surface area contributed by atoms with Gasteiger partial charge in [0.05, 0.1) is 11.5 Å². The smallest absolute Gasteiger partial charge is 0.269 e. The van der Waals surface area contributed by atoms with Crippen LogP contribution in [-0.2, 0) is 4.79 Å². The zero-order valence-corrected chi connectivity index (χ0v) is 8.84. The van der Waals surface area contributed by atoms with E-state index in [0.717, 1.165) is 5.56 Å². The normalized spacial score (nSPS) is 12.1. The molecule has 0 radical (unpaired) electrons. The molecular weight excluding hydrogens is 210 g/mol. The fraction of sp³-hybridized carbons (Fsp3) is 0.300. The number of nitro benzene ring substituents is 1. The van der Waals surface area contributed by atoms with Crippen LogP contribution in [0.15, 0.2) is 24.3 Å². The van der Waals surface area contributed by atoms with Crippen LogP contribution in [0, 0.1) is 10.1 Å². The van der Waals surface area contributed by atoms with Gasteiger partial charge in [-0.15, -0.1) is 0 Å². The van der Waals surface area contributed by atoms with Crippen LogP contribution in [0.1, 0.15) is 18.5 Å². The van der Waals surface area contributed by atoms with E-state index in [2.05, 4.69) is 5.32 Å². The lowest BCUT2D eigenvalue weighted by atomic mass is 10.1. The third-order valence-electron chi connectivity index (χ3n) is 2.16. The van der Waals surface area contributed by atoms with Gasteiger partial charge in [-0.3, -0.25) is 14.9 Å². The summed E-state index contributed by atoms with van der Waals surface area (Å²) in [6.07, 6.45) is 0. The lowest BCUT2D eigenvalue weighted by Crippen LogP contribution is -2.30. The molecular formula is C10H13N3O3. The van der Waals surface area contributed by atoms with Crippen LogP contribution in [0.4, 0.5) is 5.69 Å².